The van der Waals surface area contributed by atoms with E-state index in [-0.39, 0.29) is 22.9 Å². The van der Waals surface area contributed by atoms with Crippen LogP contribution in [0, 0.1) is 10.8 Å². The van der Waals surface area contributed by atoms with Crippen molar-refractivity contribution in [2.24, 2.45) is 10.8 Å². The van der Waals surface area contributed by atoms with Gasteiger partial charge in [0.25, 0.3) is 0 Å². The topological polar surface area (TPSA) is 40.6 Å². The number of carbonyl (C=O) groups excluding carboxylic acids is 2. The monoisotopic (exact) mass is 759 g/mol. The zero-order valence-electron chi connectivity index (χ0n) is 36.8. The zero-order chi connectivity index (χ0) is 40.9. The van der Waals surface area contributed by atoms with Crippen molar-refractivity contribution in [3.05, 3.63) is 130 Å². The van der Waals surface area contributed by atoms with E-state index in [0.29, 0.717) is 11.6 Å². The molecule has 2 unspecified atom stereocenters. The number of likely N-dealkylation sites (tertiary alicyclic amines) is 2. The number of allylic oxidation sites excluding steroid dienone is 20. The van der Waals surface area contributed by atoms with Crippen molar-refractivity contribution >= 4 is 11.6 Å². The minimum absolute atomic E-state index is 0.0266. The van der Waals surface area contributed by atoms with Crippen LogP contribution in [0.15, 0.2) is 130 Å². The highest BCUT2D eigenvalue weighted by atomic mass is 16.1. The Labute approximate surface area is 342 Å². The van der Waals surface area contributed by atoms with Crippen molar-refractivity contribution in [2.75, 3.05) is 26.2 Å². The Bertz CT molecular complexity index is 1610. The van der Waals surface area contributed by atoms with E-state index in [2.05, 4.69) is 150 Å². The van der Waals surface area contributed by atoms with Gasteiger partial charge in [0, 0.05) is 0 Å². The molecule has 0 N–H and O–H groups in total. The third-order valence-electron chi connectivity index (χ3n) is 12.5. The first-order valence-electron chi connectivity index (χ1n) is 21.7. The van der Waals surface area contributed by atoms with Crippen molar-refractivity contribution in [1.29, 1.82) is 0 Å². The lowest BCUT2D eigenvalue weighted by atomic mass is 9.69. The van der Waals surface area contributed by atoms with Gasteiger partial charge in [-0.05, 0) is 139 Å². The normalized spacial score (nSPS) is 26.2. The highest BCUT2D eigenvalue weighted by Crippen LogP contribution is 2.43. The SMILES string of the molecule is CC(C=CC=C(C)C=CC1=C(C)C(=O)C(N2CCCCCC2)CC1(C)C)=CC=CC=C(C)C=CC=C(C)C=CC1=C(C)C(=O)C(N2CCCCCC2)CC1(C)C. The Morgan fingerprint density at radius 2 is 0.786 bits per heavy atom. The van der Waals surface area contributed by atoms with E-state index >= 15 is 0 Å². The Balaban J connectivity index is 1.28. The fraction of sp³-hybridized carbons (Fsp3) is 0.538. The minimum Gasteiger partial charge on any atom is -0.293 e. The third kappa shape index (κ3) is 13.0. The molecule has 4 heteroatoms. The highest BCUT2D eigenvalue weighted by Gasteiger charge is 2.41. The molecule has 56 heavy (non-hydrogen) atoms. The van der Waals surface area contributed by atoms with Crippen molar-refractivity contribution < 1.29 is 9.59 Å². The van der Waals surface area contributed by atoms with E-state index in [9.17, 15) is 9.59 Å². The van der Waals surface area contributed by atoms with Gasteiger partial charge < -0.3 is 0 Å². The molecule has 0 radical (unpaired) electrons. The number of Topliss-reactive ketones (excluding diaryl/α,β-unsaturated/α-hetero) is 2. The lowest BCUT2D eigenvalue weighted by molar-refractivity contribution is -0.123. The Kier molecular flexibility index (Phi) is 17.1. The molecular weight excluding hydrogens is 685 g/mol. The summed E-state index contributed by atoms with van der Waals surface area (Å²) in [7, 11) is 0. The van der Waals surface area contributed by atoms with Crippen LogP contribution in [0.2, 0.25) is 0 Å². The first-order chi connectivity index (χ1) is 26.6. The van der Waals surface area contributed by atoms with E-state index in [1.165, 1.54) is 73.7 Å². The van der Waals surface area contributed by atoms with E-state index in [4.69, 9.17) is 0 Å². The third-order valence-corrected chi connectivity index (χ3v) is 12.5. The zero-order valence-corrected chi connectivity index (χ0v) is 36.8. The molecule has 2 saturated heterocycles. The van der Waals surface area contributed by atoms with Crippen molar-refractivity contribution in [3.63, 3.8) is 0 Å². The fourth-order valence-electron chi connectivity index (χ4n) is 9.03. The maximum atomic E-state index is 13.5. The number of carbonyl (C=O) groups is 2. The van der Waals surface area contributed by atoms with Crippen LogP contribution in [0.3, 0.4) is 0 Å². The number of hydrogen-bond acceptors (Lipinski definition) is 4. The van der Waals surface area contributed by atoms with Gasteiger partial charge in [0.1, 0.15) is 0 Å². The molecular formula is C52H74N2O2. The van der Waals surface area contributed by atoms with Crippen molar-refractivity contribution in [2.45, 2.75) is 146 Å². The van der Waals surface area contributed by atoms with Crippen LogP contribution in [0.1, 0.15) is 133 Å². The molecule has 0 spiro atoms. The molecule has 0 bridgehead atoms. The highest BCUT2D eigenvalue weighted by molar-refractivity contribution is 6.02. The Morgan fingerprint density at radius 1 is 0.482 bits per heavy atom. The quantitative estimate of drug-likeness (QED) is 0.186. The number of rotatable bonds is 12. The molecule has 0 aromatic rings. The average molecular weight is 759 g/mol. The fourth-order valence-corrected chi connectivity index (χ4v) is 9.03. The van der Waals surface area contributed by atoms with Crippen molar-refractivity contribution in [3.8, 4) is 0 Å². The maximum Gasteiger partial charge on any atom is 0.175 e. The van der Waals surface area contributed by atoms with Gasteiger partial charge >= 0.3 is 0 Å². The molecule has 0 amide bonds. The smallest absolute Gasteiger partial charge is 0.175 e. The average Bonchev–Trinajstić information content (AvgIpc) is 3.59. The molecule has 2 aliphatic carbocycles. The summed E-state index contributed by atoms with van der Waals surface area (Å²) in [6, 6.07) is 0.0531. The van der Waals surface area contributed by atoms with Crippen LogP contribution in [0.5, 0.6) is 0 Å². The van der Waals surface area contributed by atoms with Crippen LogP contribution in [0.25, 0.3) is 0 Å². The van der Waals surface area contributed by atoms with Crippen LogP contribution >= 0.6 is 0 Å². The molecule has 4 nitrogen and oxygen atoms in total. The van der Waals surface area contributed by atoms with Gasteiger partial charge in [-0.25, -0.2) is 0 Å². The molecule has 4 aliphatic rings. The molecule has 4 rings (SSSR count). The summed E-state index contributed by atoms with van der Waals surface area (Å²) in [6.45, 7) is 25.9. The second kappa shape index (κ2) is 21.2. The van der Waals surface area contributed by atoms with Gasteiger partial charge in [-0.1, -0.05) is 161 Å². The summed E-state index contributed by atoms with van der Waals surface area (Å²) in [4.78, 5) is 31.9. The molecule has 0 aromatic heterocycles. The molecule has 304 valence electrons. The van der Waals surface area contributed by atoms with E-state index in [0.717, 1.165) is 61.3 Å². The molecule has 2 heterocycles. The molecule has 0 aromatic carbocycles. The number of ketones is 2. The minimum atomic E-state index is -0.0350. The largest absolute Gasteiger partial charge is 0.293 e. The molecule has 0 saturated carbocycles. The predicted octanol–water partition coefficient (Wildman–Crippen LogP) is 12.7. The summed E-state index contributed by atoms with van der Waals surface area (Å²) >= 11 is 0. The van der Waals surface area contributed by atoms with Gasteiger partial charge in [-0.15, -0.1) is 0 Å². The molecule has 2 atom stereocenters. The van der Waals surface area contributed by atoms with Crippen LogP contribution in [-0.2, 0) is 9.59 Å². The Morgan fingerprint density at radius 3 is 1.12 bits per heavy atom. The molecule has 2 fully saturated rings. The van der Waals surface area contributed by atoms with Gasteiger partial charge in [-0.2, -0.15) is 0 Å². The second-order valence-electron chi connectivity index (χ2n) is 18.3. The summed E-state index contributed by atoms with van der Waals surface area (Å²) in [5, 5.41) is 0. The summed E-state index contributed by atoms with van der Waals surface area (Å²) < 4.78 is 0. The summed E-state index contributed by atoms with van der Waals surface area (Å²) in [6.07, 6.45) is 41.5. The van der Waals surface area contributed by atoms with E-state index < -0.39 is 0 Å². The lowest BCUT2D eigenvalue weighted by Crippen LogP contribution is -2.48. The lowest BCUT2D eigenvalue weighted by Gasteiger charge is -2.41. The number of hydrogen-bond donors (Lipinski definition) is 0. The van der Waals surface area contributed by atoms with Crippen LogP contribution in [-0.4, -0.2) is 59.6 Å². The second-order valence-corrected chi connectivity index (χ2v) is 18.3. The van der Waals surface area contributed by atoms with E-state index in [1.807, 2.05) is 13.8 Å². The number of nitrogens with zero attached hydrogens (tertiary/aromatic N) is 2. The van der Waals surface area contributed by atoms with Gasteiger partial charge in [0.05, 0.1) is 12.1 Å². The summed E-state index contributed by atoms with van der Waals surface area (Å²) in [5.41, 5.74) is 8.80. The standard InChI is InChI=1S/C52H74N2O2/c1-39(25-21-27-41(3)29-31-45-43(5)49(55)47(37-51(45,7)8)53-33-17-11-12-18-34-53)23-15-16-24-40(2)26-22-28-42(4)30-32-46-44(6)50(56)48(38-52(46,9)10)54-35-19-13-14-20-36-54/h15-16,21-32,47-48H,11-14,17-20,33-38H2,1-10H3. The summed E-state index contributed by atoms with van der Waals surface area (Å²) in [5.74, 6) is 0.640. The predicted molar refractivity (Wildman–Crippen MR) is 241 cm³/mol. The van der Waals surface area contributed by atoms with Crippen molar-refractivity contribution in [1.82, 2.24) is 9.80 Å². The van der Waals surface area contributed by atoms with E-state index in [1.54, 1.807) is 0 Å². The van der Waals surface area contributed by atoms with Crippen LogP contribution < -0.4 is 0 Å². The molecule has 2 aliphatic heterocycles. The van der Waals surface area contributed by atoms with Crippen LogP contribution in [0.4, 0.5) is 0 Å². The Hall–Kier alpha value is -3.60. The van der Waals surface area contributed by atoms with Gasteiger partial charge in [-0.3, -0.25) is 19.4 Å². The maximum absolute atomic E-state index is 13.5. The van der Waals surface area contributed by atoms with Gasteiger partial charge in [0.2, 0.25) is 0 Å². The first-order valence-corrected chi connectivity index (χ1v) is 21.7. The first kappa shape index (κ1) is 45.1. The van der Waals surface area contributed by atoms with Gasteiger partial charge in [0.15, 0.2) is 11.6 Å².